The first-order chi connectivity index (χ1) is 7.90. The summed E-state index contributed by atoms with van der Waals surface area (Å²) in [6.45, 7) is 8.85. The first kappa shape index (κ1) is 15.0. The van der Waals surface area contributed by atoms with Crippen LogP contribution in [0.25, 0.3) is 0 Å². The molecule has 1 saturated heterocycles. The number of nitrogens with one attached hydrogen (secondary N) is 1. The molecule has 1 aliphatic heterocycles. The Morgan fingerprint density at radius 3 is 2.82 bits per heavy atom. The van der Waals surface area contributed by atoms with Crippen molar-refractivity contribution in [3.8, 4) is 0 Å². The van der Waals surface area contributed by atoms with Gasteiger partial charge in [0.2, 0.25) is 0 Å². The van der Waals surface area contributed by atoms with Gasteiger partial charge in [-0.05, 0) is 40.2 Å². The van der Waals surface area contributed by atoms with Crippen molar-refractivity contribution in [1.29, 1.82) is 0 Å². The summed E-state index contributed by atoms with van der Waals surface area (Å²) in [6.07, 6.45) is 1.91. The first-order valence-corrected chi connectivity index (χ1v) is 7.71. The van der Waals surface area contributed by atoms with E-state index in [1.807, 2.05) is 20.8 Å². The van der Waals surface area contributed by atoms with Crippen molar-refractivity contribution in [2.45, 2.75) is 45.3 Å². The molecule has 0 unspecified atom stereocenters. The van der Waals surface area contributed by atoms with Crippen molar-refractivity contribution in [3.63, 3.8) is 0 Å². The van der Waals surface area contributed by atoms with Gasteiger partial charge in [0.1, 0.15) is 5.60 Å². The van der Waals surface area contributed by atoms with Crippen molar-refractivity contribution < 1.29 is 9.53 Å². The molecule has 1 heterocycles. The van der Waals surface area contributed by atoms with Crippen LogP contribution in [0.2, 0.25) is 0 Å². The molecule has 0 aromatic heterocycles. The van der Waals surface area contributed by atoms with Crippen LogP contribution >= 0.6 is 22.6 Å². The molecule has 1 aliphatic rings. The quantitative estimate of drug-likeness (QED) is 0.625. The number of likely N-dealkylation sites (tertiary alicyclic amines) is 1. The molecule has 100 valence electrons. The molecule has 5 heteroatoms. The summed E-state index contributed by atoms with van der Waals surface area (Å²) in [5.41, 5.74) is -0.416. The third kappa shape index (κ3) is 6.45. The monoisotopic (exact) mass is 354 g/mol. The zero-order chi connectivity index (χ0) is 12.9. The average molecular weight is 354 g/mol. The molecule has 0 aromatic carbocycles. The summed E-state index contributed by atoms with van der Waals surface area (Å²) in [7, 11) is 0. The van der Waals surface area contributed by atoms with Crippen LogP contribution in [0.3, 0.4) is 0 Å². The topological polar surface area (TPSA) is 41.6 Å². The Kier molecular flexibility index (Phi) is 5.99. The van der Waals surface area contributed by atoms with Gasteiger partial charge in [0.25, 0.3) is 0 Å². The summed E-state index contributed by atoms with van der Waals surface area (Å²) in [5, 5.41) is 2.96. The summed E-state index contributed by atoms with van der Waals surface area (Å²) in [5.74, 6) is 0. The average Bonchev–Trinajstić information content (AvgIpc) is 2.15. The molecule has 1 N–H and O–H groups in total. The lowest BCUT2D eigenvalue weighted by molar-refractivity contribution is 0.0474. The largest absolute Gasteiger partial charge is 0.444 e. The van der Waals surface area contributed by atoms with Crippen LogP contribution in [-0.4, -0.2) is 46.7 Å². The molecule has 1 rings (SSSR count). The summed E-state index contributed by atoms with van der Waals surface area (Å²) < 4.78 is 6.40. The highest BCUT2D eigenvalue weighted by atomic mass is 127. The second kappa shape index (κ2) is 6.78. The Labute approximate surface area is 118 Å². The van der Waals surface area contributed by atoms with Gasteiger partial charge in [0.15, 0.2) is 0 Å². The van der Waals surface area contributed by atoms with E-state index in [1.54, 1.807) is 0 Å². The summed E-state index contributed by atoms with van der Waals surface area (Å²) in [6, 6.07) is 0.238. The van der Waals surface area contributed by atoms with Gasteiger partial charge in [-0.15, -0.1) is 0 Å². The van der Waals surface area contributed by atoms with Gasteiger partial charge in [0, 0.05) is 23.6 Å². The van der Waals surface area contributed by atoms with Crippen molar-refractivity contribution >= 4 is 28.7 Å². The lowest BCUT2D eigenvalue weighted by Crippen LogP contribution is -2.49. The molecule has 0 radical (unpaired) electrons. The van der Waals surface area contributed by atoms with Crippen molar-refractivity contribution in [2.75, 3.05) is 24.1 Å². The van der Waals surface area contributed by atoms with E-state index in [0.717, 1.165) is 36.9 Å². The lowest BCUT2D eigenvalue weighted by Gasteiger charge is -2.33. The number of hydrogen-bond donors (Lipinski definition) is 1. The predicted octanol–water partition coefficient (Wildman–Crippen LogP) is 2.41. The number of alkyl carbamates (subject to hydrolysis) is 1. The van der Waals surface area contributed by atoms with Crippen LogP contribution in [0.5, 0.6) is 0 Å². The van der Waals surface area contributed by atoms with Gasteiger partial charge >= 0.3 is 6.09 Å². The van der Waals surface area contributed by atoms with E-state index in [4.69, 9.17) is 4.74 Å². The zero-order valence-corrected chi connectivity index (χ0v) is 13.1. The smallest absolute Gasteiger partial charge is 0.407 e. The van der Waals surface area contributed by atoms with Gasteiger partial charge in [-0.2, -0.15) is 0 Å². The Bertz CT molecular complexity index is 251. The van der Waals surface area contributed by atoms with E-state index in [9.17, 15) is 4.79 Å². The SMILES string of the molecule is CC(C)(C)OC(=O)N[C@@H]1CCCN(CCI)C1. The van der Waals surface area contributed by atoms with Crippen LogP contribution < -0.4 is 5.32 Å². The van der Waals surface area contributed by atoms with Crippen LogP contribution in [0.4, 0.5) is 4.79 Å². The number of halogens is 1. The van der Waals surface area contributed by atoms with E-state index < -0.39 is 5.60 Å². The number of rotatable bonds is 3. The fraction of sp³-hybridized carbons (Fsp3) is 0.917. The third-order valence-corrected chi connectivity index (χ3v) is 3.11. The predicted molar refractivity (Wildman–Crippen MR) is 77.7 cm³/mol. The van der Waals surface area contributed by atoms with Gasteiger partial charge in [-0.25, -0.2) is 4.79 Å². The van der Waals surface area contributed by atoms with E-state index in [-0.39, 0.29) is 12.1 Å². The van der Waals surface area contributed by atoms with Gasteiger partial charge < -0.3 is 15.0 Å². The highest BCUT2D eigenvalue weighted by molar-refractivity contribution is 14.1. The minimum Gasteiger partial charge on any atom is -0.444 e. The molecule has 0 spiro atoms. The molecule has 0 saturated carbocycles. The Balaban J connectivity index is 2.33. The number of nitrogens with zero attached hydrogens (tertiary/aromatic N) is 1. The molecular weight excluding hydrogens is 331 g/mol. The van der Waals surface area contributed by atoms with Crippen molar-refractivity contribution in [3.05, 3.63) is 0 Å². The normalized spacial score (nSPS) is 22.2. The Morgan fingerprint density at radius 1 is 1.53 bits per heavy atom. The van der Waals surface area contributed by atoms with Crippen molar-refractivity contribution in [2.24, 2.45) is 0 Å². The van der Waals surface area contributed by atoms with Gasteiger partial charge in [-0.1, -0.05) is 22.6 Å². The van der Waals surface area contributed by atoms with Crippen LogP contribution in [0, 0.1) is 0 Å². The highest BCUT2D eigenvalue weighted by Gasteiger charge is 2.23. The zero-order valence-electron chi connectivity index (χ0n) is 11.0. The van der Waals surface area contributed by atoms with E-state index in [2.05, 4.69) is 32.8 Å². The molecule has 0 bridgehead atoms. The summed E-state index contributed by atoms with van der Waals surface area (Å²) >= 11 is 2.39. The molecule has 1 fully saturated rings. The second-order valence-corrected chi connectivity index (χ2v) is 6.55. The van der Waals surface area contributed by atoms with Crippen LogP contribution in [0.1, 0.15) is 33.6 Å². The van der Waals surface area contributed by atoms with Gasteiger partial charge in [0.05, 0.1) is 0 Å². The second-order valence-electron chi connectivity index (χ2n) is 5.47. The Hall–Kier alpha value is -0.0400. The molecule has 4 nitrogen and oxygen atoms in total. The number of piperidine rings is 1. The number of alkyl halides is 1. The molecule has 1 atom stereocenters. The Morgan fingerprint density at radius 2 is 2.24 bits per heavy atom. The first-order valence-electron chi connectivity index (χ1n) is 6.18. The molecular formula is C12H23IN2O2. The molecule has 17 heavy (non-hydrogen) atoms. The number of amides is 1. The molecule has 0 aromatic rings. The van der Waals surface area contributed by atoms with Crippen molar-refractivity contribution in [1.82, 2.24) is 10.2 Å². The fourth-order valence-corrected chi connectivity index (χ4v) is 2.65. The van der Waals surface area contributed by atoms with Gasteiger partial charge in [-0.3, -0.25) is 0 Å². The minimum atomic E-state index is -0.416. The minimum absolute atomic E-state index is 0.238. The van der Waals surface area contributed by atoms with Crippen LogP contribution in [-0.2, 0) is 4.74 Å². The number of hydrogen-bond acceptors (Lipinski definition) is 3. The molecule has 0 aliphatic carbocycles. The lowest BCUT2D eigenvalue weighted by atomic mass is 10.1. The number of carbonyl (C=O) groups is 1. The number of ether oxygens (including phenoxy) is 1. The maximum absolute atomic E-state index is 11.6. The maximum Gasteiger partial charge on any atom is 0.407 e. The molecule has 1 amide bonds. The van der Waals surface area contributed by atoms with E-state index >= 15 is 0 Å². The maximum atomic E-state index is 11.6. The standard InChI is InChI=1S/C12H23IN2O2/c1-12(2,3)17-11(16)14-10-5-4-7-15(9-10)8-6-13/h10H,4-9H2,1-3H3,(H,14,16)/t10-/m1/s1. The third-order valence-electron chi connectivity index (χ3n) is 2.63. The fourth-order valence-electron chi connectivity index (χ4n) is 1.97. The van der Waals surface area contributed by atoms with Crippen LogP contribution in [0.15, 0.2) is 0 Å². The number of carbonyl (C=O) groups excluding carboxylic acids is 1. The highest BCUT2D eigenvalue weighted by Crippen LogP contribution is 2.12. The van der Waals surface area contributed by atoms with E-state index in [0.29, 0.717) is 0 Å². The summed E-state index contributed by atoms with van der Waals surface area (Å²) in [4.78, 5) is 14.0. The van der Waals surface area contributed by atoms with E-state index in [1.165, 1.54) is 0 Å².